The van der Waals surface area contributed by atoms with Crippen molar-refractivity contribution in [2.45, 2.75) is 19.3 Å². The van der Waals surface area contributed by atoms with Crippen LogP contribution in [-0.2, 0) is 11.2 Å². The second-order valence-corrected chi connectivity index (χ2v) is 4.32. The highest BCUT2D eigenvalue weighted by Crippen LogP contribution is 2.15. The molecule has 1 amide bonds. The molecule has 17 heavy (non-hydrogen) atoms. The smallest absolute Gasteiger partial charge is 0.227 e. The molecule has 1 saturated heterocycles. The Balaban J connectivity index is 2.11. The molecule has 0 bridgehead atoms. The summed E-state index contributed by atoms with van der Waals surface area (Å²) in [6.45, 7) is 5.25. The summed E-state index contributed by atoms with van der Waals surface area (Å²) in [5, 5.41) is 0. The molecule has 90 valence electrons. The third-order valence-corrected chi connectivity index (χ3v) is 3.11. The number of amides is 1. The lowest BCUT2D eigenvalue weighted by molar-refractivity contribution is -0.129. The van der Waals surface area contributed by atoms with Gasteiger partial charge in [-0.1, -0.05) is 18.7 Å². The molecule has 0 unspecified atom stereocenters. The fraction of sp³-hybridized carbons (Fsp3) is 0.357. The molecule has 1 aromatic carbocycles. The van der Waals surface area contributed by atoms with Crippen LogP contribution < -0.4 is 0 Å². The summed E-state index contributed by atoms with van der Waals surface area (Å²) >= 11 is 0. The Hall–Kier alpha value is -1.64. The Kier molecular flexibility index (Phi) is 3.57. The number of likely N-dealkylation sites (tertiary alicyclic amines) is 1. The minimum atomic E-state index is -0.317. The maximum Gasteiger partial charge on any atom is 0.227 e. The van der Waals surface area contributed by atoms with E-state index in [1.807, 2.05) is 0 Å². The molecule has 3 heteroatoms. The molecule has 0 spiro atoms. The standard InChI is InChI=1S/C14H16FNO/c1-2-11-5-6-13(15)12(9-11)10-14(17)16-7-3-4-8-16/h2,5-6,9H,1,3-4,7-8,10H2. The SMILES string of the molecule is C=Cc1ccc(F)c(CC(=O)N2CCCC2)c1. The highest BCUT2D eigenvalue weighted by molar-refractivity contribution is 5.79. The van der Waals surface area contributed by atoms with E-state index in [1.54, 1.807) is 23.1 Å². The molecule has 0 aromatic heterocycles. The first-order valence-corrected chi connectivity index (χ1v) is 5.89. The van der Waals surface area contributed by atoms with Crippen molar-refractivity contribution in [1.29, 1.82) is 0 Å². The van der Waals surface area contributed by atoms with E-state index in [-0.39, 0.29) is 18.1 Å². The average Bonchev–Trinajstić information content (AvgIpc) is 2.85. The van der Waals surface area contributed by atoms with Crippen molar-refractivity contribution in [3.63, 3.8) is 0 Å². The predicted octanol–water partition coefficient (Wildman–Crippen LogP) is 2.63. The zero-order valence-electron chi connectivity index (χ0n) is 9.79. The van der Waals surface area contributed by atoms with Crippen molar-refractivity contribution in [1.82, 2.24) is 4.90 Å². The lowest BCUT2D eigenvalue weighted by Gasteiger charge is -2.15. The molecule has 0 aliphatic carbocycles. The number of hydrogen-bond acceptors (Lipinski definition) is 1. The van der Waals surface area contributed by atoms with Crippen molar-refractivity contribution in [3.05, 3.63) is 41.7 Å². The van der Waals surface area contributed by atoms with Crippen molar-refractivity contribution < 1.29 is 9.18 Å². The van der Waals surface area contributed by atoms with E-state index in [1.165, 1.54) is 6.07 Å². The van der Waals surface area contributed by atoms with E-state index in [9.17, 15) is 9.18 Å². The van der Waals surface area contributed by atoms with Gasteiger partial charge in [0.05, 0.1) is 6.42 Å². The monoisotopic (exact) mass is 233 g/mol. The van der Waals surface area contributed by atoms with Crippen LogP contribution >= 0.6 is 0 Å². The molecule has 0 saturated carbocycles. The third-order valence-electron chi connectivity index (χ3n) is 3.11. The molecular formula is C14H16FNO. The van der Waals surface area contributed by atoms with Gasteiger partial charge in [-0.25, -0.2) is 4.39 Å². The quantitative estimate of drug-likeness (QED) is 0.786. The van der Waals surface area contributed by atoms with Crippen LogP contribution in [0.4, 0.5) is 4.39 Å². The maximum atomic E-state index is 13.5. The molecular weight excluding hydrogens is 217 g/mol. The Morgan fingerprint density at radius 2 is 2.12 bits per heavy atom. The number of halogens is 1. The van der Waals surface area contributed by atoms with Gasteiger partial charge in [-0.2, -0.15) is 0 Å². The van der Waals surface area contributed by atoms with Gasteiger partial charge in [0.2, 0.25) is 5.91 Å². The molecule has 0 atom stereocenters. The highest BCUT2D eigenvalue weighted by atomic mass is 19.1. The molecule has 1 aromatic rings. The Bertz CT molecular complexity index is 436. The summed E-state index contributed by atoms with van der Waals surface area (Å²) in [6, 6.07) is 4.74. The lowest BCUT2D eigenvalue weighted by Crippen LogP contribution is -2.29. The number of carbonyl (C=O) groups is 1. The van der Waals surface area contributed by atoms with E-state index < -0.39 is 0 Å². The van der Waals surface area contributed by atoms with Gasteiger partial charge in [0.1, 0.15) is 5.82 Å². The van der Waals surface area contributed by atoms with Gasteiger partial charge in [0.15, 0.2) is 0 Å². The average molecular weight is 233 g/mol. The van der Waals surface area contributed by atoms with Crippen LogP contribution in [-0.4, -0.2) is 23.9 Å². The number of hydrogen-bond donors (Lipinski definition) is 0. The second-order valence-electron chi connectivity index (χ2n) is 4.32. The Morgan fingerprint density at radius 3 is 2.76 bits per heavy atom. The predicted molar refractivity (Wildman–Crippen MR) is 66.0 cm³/mol. The lowest BCUT2D eigenvalue weighted by atomic mass is 10.1. The van der Waals surface area contributed by atoms with Crippen LogP contribution in [0.1, 0.15) is 24.0 Å². The van der Waals surface area contributed by atoms with Crippen LogP contribution in [0, 0.1) is 5.82 Å². The van der Waals surface area contributed by atoms with Gasteiger partial charge in [-0.3, -0.25) is 4.79 Å². The summed E-state index contributed by atoms with van der Waals surface area (Å²) in [7, 11) is 0. The van der Waals surface area contributed by atoms with E-state index in [0.717, 1.165) is 31.5 Å². The number of benzene rings is 1. The van der Waals surface area contributed by atoms with Gasteiger partial charge in [-0.15, -0.1) is 0 Å². The normalized spacial score (nSPS) is 15.0. The van der Waals surface area contributed by atoms with Gasteiger partial charge in [-0.05, 0) is 36.1 Å². The molecule has 1 aliphatic rings. The fourth-order valence-corrected chi connectivity index (χ4v) is 2.10. The van der Waals surface area contributed by atoms with Crippen molar-refractivity contribution in [2.24, 2.45) is 0 Å². The molecule has 1 aliphatic heterocycles. The first kappa shape index (κ1) is 11.8. The number of rotatable bonds is 3. The molecule has 0 N–H and O–H groups in total. The minimum Gasteiger partial charge on any atom is -0.342 e. The molecule has 2 nitrogen and oxygen atoms in total. The zero-order chi connectivity index (χ0) is 12.3. The van der Waals surface area contributed by atoms with Gasteiger partial charge in [0, 0.05) is 13.1 Å². The minimum absolute atomic E-state index is 0.0163. The molecule has 0 radical (unpaired) electrons. The van der Waals surface area contributed by atoms with Crippen LogP contribution in [0.15, 0.2) is 24.8 Å². The van der Waals surface area contributed by atoms with E-state index in [2.05, 4.69) is 6.58 Å². The molecule has 1 heterocycles. The summed E-state index contributed by atoms with van der Waals surface area (Å²) < 4.78 is 13.5. The number of nitrogens with zero attached hydrogens (tertiary/aromatic N) is 1. The summed E-state index contributed by atoms with van der Waals surface area (Å²) in [5.74, 6) is -0.300. The van der Waals surface area contributed by atoms with Crippen LogP contribution in [0.2, 0.25) is 0 Å². The summed E-state index contributed by atoms with van der Waals surface area (Å²) in [4.78, 5) is 13.7. The fourth-order valence-electron chi connectivity index (χ4n) is 2.10. The zero-order valence-corrected chi connectivity index (χ0v) is 9.79. The Morgan fingerprint density at radius 1 is 1.41 bits per heavy atom. The third kappa shape index (κ3) is 2.73. The van der Waals surface area contributed by atoms with Gasteiger partial charge in [0.25, 0.3) is 0 Å². The van der Waals surface area contributed by atoms with Crippen LogP contribution in [0.25, 0.3) is 6.08 Å². The van der Waals surface area contributed by atoms with Gasteiger partial charge >= 0.3 is 0 Å². The highest BCUT2D eigenvalue weighted by Gasteiger charge is 2.19. The van der Waals surface area contributed by atoms with Crippen molar-refractivity contribution in [2.75, 3.05) is 13.1 Å². The van der Waals surface area contributed by atoms with Crippen molar-refractivity contribution >= 4 is 12.0 Å². The number of carbonyl (C=O) groups excluding carboxylic acids is 1. The summed E-state index contributed by atoms with van der Waals surface area (Å²) in [5.41, 5.74) is 1.30. The molecule has 2 rings (SSSR count). The van der Waals surface area contributed by atoms with E-state index in [4.69, 9.17) is 0 Å². The van der Waals surface area contributed by atoms with Crippen LogP contribution in [0.5, 0.6) is 0 Å². The van der Waals surface area contributed by atoms with E-state index in [0.29, 0.717) is 5.56 Å². The maximum absolute atomic E-state index is 13.5. The largest absolute Gasteiger partial charge is 0.342 e. The first-order valence-electron chi connectivity index (χ1n) is 5.89. The molecule has 1 fully saturated rings. The van der Waals surface area contributed by atoms with Crippen molar-refractivity contribution in [3.8, 4) is 0 Å². The van der Waals surface area contributed by atoms with Crippen LogP contribution in [0.3, 0.4) is 0 Å². The Labute approximate surface area is 101 Å². The summed E-state index contributed by atoms with van der Waals surface area (Å²) in [6.07, 6.45) is 3.92. The topological polar surface area (TPSA) is 20.3 Å². The first-order chi connectivity index (χ1) is 8.20. The van der Waals surface area contributed by atoms with Gasteiger partial charge < -0.3 is 4.90 Å². The van der Waals surface area contributed by atoms with E-state index >= 15 is 0 Å². The second kappa shape index (κ2) is 5.13.